The van der Waals surface area contributed by atoms with Crippen LogP contribution in [0.15, 0.2) is 48.5 Å². The normalized spacial score (nSPS) is 13.5. The van der Waals surface area contributed by atoms with Gasteiger partial charge in [0.25, 0.3) is 0 Å². The Morgan fingerprint density at radius 1 is 1.00 bits per heavy atom. The van der Waals surface area contributed by atoms with Crippen molar-refractivity contribution in [1.29, 1.82) is 0 Å². The van der Waals surface area contributed by atoms with Gasteiger partial charge in [-0.05, 0) is 33.6 Å². The fourth-order valence-corrected chi connectivity index (χ4v) is 4.18. The zero-order valence-corrected chi connectivity index (χ0v) is 19.4. The number of amides is 2. The molecule has 176 valence electrons. The lowest BCUT2D eigenvalue weighted by atomic mass is 9.89. The summed E-state index contributed by atoms with van der Waals surface area (Å²) in [4.78, 5) is 35.3. The molecule has 2 aromatic rings. The van der Waals surface area contributed by atoms with Crippen molar-refractivity contribution in [3.63, 3.8) is 0 Å². The number of carbonyl (C=O) groups is 3. The van der Waals surface area contributed by atoms with Gasteiger partial charge < -0.3 is 20.5 Å². The second kappa shape index (κ2) is 10.5. The van der Waals surface area contributed by atoms with Gasteiger partial charge in [-0.15, -0.1) is 0 Å². The van der Waals surface area contributed by atoms with Gasteiger partial charge in [-0.2, -0.15) is 0 Å². The van der Waals surface area contributed by atoms with E-state index >= 15 is 0 Å². The van der Waals surface area contributed by atoms with Crippen molar-refractivity contribution in [3.05, 3.63) is 59.7 Å². The molecule has 1 atom stereocenters. The molecule has 0 fully saturated rings. The van der Waals surface area contributed by atoms with E-state index in [0.717, 1.165) is 11.1 Å². The van der Waals surface area contributed by atoms with E-state index < -0.39 is 17.5 Å². The number of carboxylic acid groups (broad SMARTS) is 1. The first-order valence-corrected chi connectivity index (χ1v) is 11.2. The molecule has 3 N–H and O–H groups in total. The largest absolute Gasteiger partial charge is 0.481 e. The van der Waals surface area contributed by atoms with E-state index in [2.05, 4.69) is 34.9 Å². The summed E-state index contributed by atoms with van der Waals surface area (Å²) in [6.07, 6.45) is -0.302. The van der Waals surface area contributed by atoms with Gasteiger partial charge in [-0.25, -0.2) is 4.79 Å². The van der Waals surface area contributed by atoms with Gasteiger partial charge >= 0.3 is 12.1 Å². The van der Waals surface area contributed by atoms with Crippen LogP contribution in [0.3, 0.4) is 0 Å². The van der Waals surface area contributed by atoms with Crippen molar-refractivity contribution in [2.24, 2.45) is 11.3 Å². The molecule has 7 nitrogen and oxygen atoms in total. The molecule has 1 unspecified atom stereocenters. The number of fused-ring (bicyclic) bond motifs is 3. The molecule has 7 heteroatoms. The minimum absolute atomic E-state index is 0.00488. The van der Waals surface area contributed by atoms with Crippen LogP contribution in [0.25, 0.3) is 11.1 Å². The fraction of sp³-hybridized carbons (Fsp3) is 0.423. The molecule has 0 aliphatic heterocycles. The number of rotatable bonds is 10. The molecule has 2 amide bonds. The average molecular weight is 453 g/mol. The summed E-state index contributed by atoms with van der Waals surface area (Å²) < 4.78 is 5.55. The van der Waals surface area contributed by atoms with E-state index in [9.17, 15) is 14.4 Å². The topological polar surface area (TPSA) is 105 Å². The first kappa shape index (κ1) is 24.3. The van der Waals surface area contributed by atoms with Crippen LogP contribution < -0.4 is 10.6 Å². The minimum atomic E-state index is -0.885. The van der Waals surface area contributed by atoms with Crippen LogP contribution in [0, 0.1) is 11.3 Å². The van der Waals surface area contributed by atoms with Crippen LogP contribution in [0.1, 0.15) is 50.7 Å². The molecule has 2 aromatic carbocycles. The Kier molecular flexibility index (Phi) is 7.74. The number of hydrogen-bond donors (Lipinski definition) is 3. The second-order valence-electron chi connectivity index (χ2n) is 9.53. The van der Waals surface area contributed by atoms with Gasteiger partial charge in [0.1, 0.15) is 6.61 Å². The predicted molar refractivity (Wildman–Crippen MR) is 126 cm³/mol. The first-order valence-electron chi connectivity index (χ1n) is 11.2. The quantitative estimate of drug-likeness (QED) is 0.502. The molecule has 0 bridgehead atoms. The Bertz CT molecular complexity index is 972. The van der Waals surface area contributed by atoms with Gasteiger partial charge in [0.05, 0.1) is 0 Å². The van der Waals surface area contributed by atoms with E-state index in [0.29, 0.717) is 6.54 Å². The smallest absolute Gasteiger partial charge is 0.407 e. The van der Waals surface area contributed by atoms with E-state index in [1.165, 1.54) is 11.1 Å². The molecule has 3 rings (SSSR count). The van der Waals surface area contributed by atoms with Crippen molar-refractivity contribution in [1.82, 2.24) is 10.6 Å². The first-order chi connectivity index (χ1) is 15.7. The fourth-order valence-electron chi connectivity index (χ4n) is 4.18. The average Bonchev–Trinajstić information content (AvgIpc) is 3.08. The van der Waals surface area contributed by atoms with Crippen molar-refractivity contribution in [3.8, 4) is 11.1 Å². The van der Waals surface area contributed by atoms with Crippen LogP contribution in [-0.4, -0.2) is 42.8 Å². The van der Waals surface area contributed by atoms with E-state index in [1.807, 2.05) is 38.1 Å². The SMILES string of the molecule is CC(CNC(=O)CC(C)(C)CNC(=O)OCC1c2ccccc2-c2ccccc21)CC(=O)O. The highest BCUT2D eigenvalue weighted by Crippen LogP contribution is 2.44. The number of ether oxygens (including phenoxy) is 1. The van der Waals surface area contributed by atoms with E-state index in [1.54, 1.807) is 6.92 Å². The molecule has 0 heterocycles. The van der Waals surface area contributed by atoms with E-state index in [4.69, 9.17) is 9.84 Å². The third-order valence-electron chi connectivity index (χ3n) is 5.86. The van der Waals surface area contributed by atoms with Gasteiger partial charge in [0, 0.05) is 31.8 Å². The molecule has 1 aliphatic carbocycles. The highest BCUT2D eigenvalue weighted by atomic mass is 16.5. The van der Waals surface area contributed by atoms with Crippen LogP contribution in [0.4, 0.5) is 4.79 Å². The summed E-state index contributed by atoms with van der Waals surface area (Å²) in [7, 11) is 0. The minimum Gasteiger partial charge on any atom is -0.481 e. The maximum Gasteiger partial charge on any atom is 0.407 e. The molecule has 0 spiro atoms. The Balaban J connectivity index is 1.46. The molecule has 33 heavy (non-hydrogen) atoms. The van der Waals surface area contributed by atoms with Gasteiger partial charge in [0.15, 0.2) is 0 Å². The maximum atomic E-state index is 12.4. The molecular weight excluding hydrogens is 420 g/mol. The second-order valence-corrected chi connectivity index (χ2v) is 9.53. The van der Waals surface area contributed by atoms with Gasteiger partial charge in [0.2, 0.25) is 5.91 Å². The summed E-state index contributed by atoms with van der Waals surface area (Å²) in [5.74, 6) is -1.21. The standard InChI is InChI=1S/C26H32N2O5/c1-17(12-24(30)31)14-27-23(29)13-26(2,3)16-28-25(32)33-15-22-20-10-6-4-8-18(20)19-9-5-7-11-21(19)22/h4-11,17,22H,12-16H2,1-3H3,(H,27,29)(H,28,32)(H,30,31). The monoisotopic (exact) mass is 452 g/mol. The van der Waals surface area contributed by atoms with Crippen LogP contribution >= 0.6 is 0 Å². The summed E-state index contributed by atoms with van der Waals surface area (Å²) >= 11 is 0. The molecular formula is C26H32N2O5. The Morgan fingerprint density at radius 3 is 2.15 bits per heavy atom. The van der Waals surface area contributed by atoms with Crippen LogP contribution in [-0.2, 0) is 14.3 Å². The van der Waals surface area contributed by atoms with Gasteiger partial charge in [-0.1, -0.05) is 69.3 Å². The van der Waals surface area contributed by atoms with Gasteiger partial charge in [-0.3, -0.25) is 9.59 Å². The van der Waals surface area contributed by atoms with Crippen molar-refractivity contribution >= 4 is 18.0 Å². The number of carbonyl (C=O) groups excluding carboxylic acids is 2. The van der Waals surface area contributed by atoms with Crippen molar-refractivity contribution in [2.75, 3.05) is 19.7 Å². The lowest BCUT2D eigenvalue weighted by Gasteiger charge is -2.25. The van der Waals surface area contributed by atoms with Crippen LogP contribution in [0.5, 0.6) is 0 Å². The number of benzene rings is 2. The van der Waals surface area contributed by atoms with Crippen molar-refractivity contribution < 1.29 is 24.2 Å². The third-order valence-corrected chi connectivity index (χ3v) is 5.86. The third kappa shape index (κ3) is 6.57. The lowest BCUT2D eigenvalue weighted by Crippen LogP contribution is -2.39. The number of hydrogen-bond acceptors (Lipinski definition) is 4. The summed E-state index contributed by atoms with van der Waals surface area (Å²) in [5, 5.41) is 14.3. The summed E-state index contributed by atoms with van der Waals surface area (Å²) in [6.45, 7) is 6.37. The number of alkyl carbamates (subject to hydrolysis) is 1. The molecule has 0 radical (unpaired) electrons. The molecule has 0 aromatic heterocycles. The van der Waals surface area contributed by atoms with Crippen molar-refractivity contribution in [2.45, 2.75) is 39.5 Å². The Labute approximate surface area is 194 Å². The summed E-state index contributed by atoms with van der Waals surface area (Å²) in [5.41, 5.74) is 4.17. The molecule has 0 saturated carbocycles. The molecule has 1 aliphatic rings. The zero-order valence-electron chi connectivity index (χ0n) is 19.4. The zero-order chi connectivity index (χ0) is 24.0. The number of nitrogens with one attached hydrogen (secondary N) is 2. The predicted octanol–water partition coefficient (Wildman–Crippen LogP) is 4.17. The maximum absolute atomic E-state index is 12.4. The van der Waals surface area contributed by atoms with Crippen LogP contribution in [0.2, 0.25) is 0 Å². The number of aliphatic carboxylic acids is 1. The number of carboxylic acids is 1. The lowest BCUT2D eigenvalue weighted by molar-refractivity contribution is -0.138. The summed E-state index contributed by atoms with van der Waals surface area (Å²) in [6, 6.07) is 16.3. The van der Waals surface area contributed by atoms with E-state index in [-0.39, 0.29) is 43.7 Å². The highest BCUT2D eigenvalue weighted by Gasteiger charge is 2.29. The Hall–Kier alpha value is -3.35. The Morgan fingerprint density at radius 2 is 1.58 bits per heavy atom. The highest BCUT2D eigenvalue weighted by molar-refractivity contribution is 5.79. The molecule has 0 saturated heterocycles.